The predicted octanol–water partition coefficient (Wildman–Crippen LogP) is 2.68. The van der Waals surface area contributed by atoms with Crippen molar-refractivity contribution < 1.29 is 17.9 Å². The first-order chi connectivity index (χ1) is 10.7. The maximum absolute atomic E-state index is 12.1. The molecule has 0 aliphatic carbocycles. The molecule has 1 aromatic carbocycles. The van der Waals surface area contributed by atoms with Crippen LogP contribution in [-0.4, -0.2) is 16.1 Å². The van der Waals surface area contributed by atoms with Crippen molar-refractivity contribution in [1.82, 2.24) is 9.78 Å². The van der Waals surface area contributed by atoms with E-state index in [1.807, 2.05) is 6.07 Å². The average molecular weight is 323 g/mol. The second kappa shape index (κ2) is 6.12. The second-order valence-corrected chi connectivity index (χ2v) is 4.85. The van der Waals surface area contributed by atoms with Crippen LogP contribution >= 0.6 is 0 Å². The summed E-state index contributed by atoms with van der Waals surface area (Å²) < 4.78 is 41.2. The zero-order valence-electron chi connectivity index (χ0n) is 12.3. The standard InChI is InChI=1S/C15H12F3N3O2/c1-9-10(2)20-21(14(22)13(9)7-19)8-11-3-5-12(6-4-11)23-15(16,17)18/h3-6H,8H2,1-2H3. The summed E-state index contributed by atoms with van der Waals surface area (Å²) >= 11 is 0. The highest BCUT2D eigenvalue weighted by atomic mass is 19.4. The number of nitriles is 1. The van der Waals surface area contributed by atoms with E-state index in [1.54, 1.807) is 13.8 Å². The summed E-state index contributed by atoms with van der Waals surface area (Å²) in [6.45, 7) is 3.35. The van der Waals surface area contributed by atoms with Gasteiger partial charge >= 0.3 is 6.36 Å². The Kier molecular flexibility index (Phi) is 4.40. The number of aromatic nitrogens is 2. The Morgan fingerprint density at radius 3 is 2.39 bits per heavy atom. The molecule has 5 nitrogen and oxygen atoms in total. The van der Waals surface area contributed by atoms with Crippen LogP contribution in [0.25, 0.3) is 0 Å². The molecule has 0 spiro atoms. The molecule has 1 aromatic heterocycles. The Morgan fingerprint density at radius 2 is 1.87 bits per heavy atom. The van der Waals surface area contributed by atoms with Crippen LogP contribution in [0.4, 0.5) is 13.2 Å². The minimum absolute atomic E-state index is 0.00882. The van der Waals surface area contributed by atoms with Gasteiger partial charge in [-0.05, 0) is 37.1 Å². The van der Waals surface area contributed by atoms with E-state index >= 15 is 0 Å². The number of halogens is 3. The van der Waals surface area contributed by atoms with Gasteiger partial charge in [0.25, 0.3) is 5.56 Å². The molecule has 2 aromatic rings. The molecule has 120 valence electrons. The van der Waals surface area contributed by atoms with Gasteiger partial charge in [0.1, 0.15) is 17.4 Å². The van der Waals surface area contributed by atoms with E-state index in [2.05, 4.69) is 9.84 Å². The van der Waals surface area contributed by atoms with Gasteiger partial charge in [-0.1, -0.05) is 12.1 Å². The largest absolute Gasteiger partial charge is 0.573 e. The van der Waals surface area contributed by atoms with Crippen molar-refractivity contribution in [2.45, 2.75) is 26.8 Å². The lowest BCUT2D eigenvalue weighted by Crippen LogP contribution is -2.28. The van der Waals surface area contributed by atoms with E-state index in [0.29, 0.717) is 16.8 Å². The maximum Gasteiger partial charge on any atom is 0.573 e. The fraction of sp³-hybridized carbons (Fsp3) is 0.267. The number of hydrogen-bond acceptors (Lipinski definition) is 4. The molecular formula is C15H12F3N3O2. The Morgan fingerprint density at radius 1 is 1.26 bits per heavy atom. The first kappa shape index (κ1) is 16.5. The van der Waals surface area contributed by atoms with E-state index in [-0.39, 0.29) is 17.9 Å². The molecule has 1 heterocycles. The third-order valence-corrected chi connectivity index (χ3v) is 3.24. The average Bonchev–Trinajstić information content (AvgIpc) is 2.46. The molecule has 0 aliphatic rings. The maximum atomic E-state index is 12.1. The van der Waals surface area contributed by atoms with E-state index in [9.17, 15) is 18.0 Å². The summed E-state index contributed by atoms with van der Waals surface area (Å²) in [5.74, 6) is -0.348. The Hall–Kier alpha value is -2.82. The molecule has 0 saturated carbocycles. The van der Waals surface area contributed by atoms with Crippen LogP contribution in [0.2, 0.25) is 0 Å². The summed E-state index contributed by atoms with van der Waals surface area (Å²) in [4.78, 5) is 12.1. The number of alkyl halides is 3. The zero-order valence-corrected chi connectivity index (χ0v) is 12.3. The van der Waals surface area contributed by atoms with Crippen molar-refractivity contribution in [3.63, 3.8) is 0 Å². The highest BCUT2D eigenvalue weighted by Crippen LogP contribution is 2.22. The highest BCUT2D eigenvalue weighted by molar-refractivity contribution is 5.36. The Bertz CT molecular complexity index is 818. The number of hydrogen-bond donors (Lipinski definition) is 0. The molecule has 0 saturated heterocycles. The monoisotopic (exact) mass is 323 g/mol. The van der Waals surface area contributed by atoms with Crippen molar-refractivity contribution in [3.05, 3.63) is 57.0 Å². The third-order valence-electron chi connectivity index (χ3n) is 3.24. The number of rotatable bonds is 3. The van der Waals surface area contributed by atoms with Gasteiger partial charge in [0, 0.05) is 0 Å². The van der Waals surface area contributed by atoms with Crippen molar-refractivity contribution >= 4 is 0 Å². The van der Waals surface area contributed by atoms with Crippen LogP contribution in [0.15, 0.2) is 29.1 Å². The molecule has 0 N–H and O–H groups in total. The molecule has 0 aliphatic heterocycles. The molecule has 0 amide bonds. The van der Waals surface area contributed by atoms with E-state index in [4.69, 9.17) is 5.26 Å². The van der Waals surface area contributed by atoms with Gasteiger partial charge in [-0.2, -0.15) is 10.4 Å². The molecule has 0 unspecified atom stereocenters. The number of ether oxygens (including phenoxy) is 1. The van der Waals surface area contributed by atoms with Gasteiger partial charge < -0.3 is 4.74 Å². The highest BCUT2D eigenvalue weighted by Gasteiger charge is 2.30. The smallest absolute Gasteiger partial charge is 0.406 e. The molecule has 0 atom stereocenters. The number of benzene rings is 1. The van der Waals surface area contributed by atoms with E-state index < -0.39 is 11.9 Å². The second-order valence-electron chi connectivity index (χ2n) is 4.85. The van der Waals surface area contributed by atoms with Gasteiger partial charge in [-0.15, -0.1) is 13.2 Å². The third kappa shape index (κ3) is 3.88. The molecule has 2 rings (SSSR count). The SMILES string of the molecule is Cc1nn(Cc2ccc(OC(F)(F)F)cc2)c(=O)c(C#N)c1C. The van der Waals surface area contributed by atoms with Crippen LogP contribution in [-0.2, 0) is 6.54 Å². The van der Waals surface area contributed by atoms with Crippen LogP contribution < -0.4 is 10.3 Å². The summed E-state index contributed by atoms with van der Waals surface area (Å²) in [5.41, 5.74) is 1.09. The van der Waals surface area contributed by atoms with Gasteiger partial charge in [-0.25, -0.2) is 4.68 Å². The molecule has 0 fully saturated rings. The van der Waals surface area contributed by atoms with Crippen LogP contribution in [0.3, 0.4) is 0 Å². The lowest BCUT2D eigenvalue weighted by molar-refractivity contribution is -0.274. The molecule has 0 radical (unpaired) electrons. The van der Waals surface area contributed by atoms with Crippen molar-refractivity contribution in [1.29, 1.82) is 5.26 Å². The van der Waals surface area contributed by atoms with Gasteiger partial charge in [0.05, 0.1) is 12.2 Å². The van der Waals surface area contributed by atoms with Gasteiger partial charge in [0.2, 0.25) is 0 Å². The molecule has 23 heavy (non-hydrogen) atoms. The van der Waals surface area contributed by atoms with Crippen molar-refractivity contribution in [2.75, 3.05) is 0 Å². The fourth-order valence-corrected chi connectivity index (χ4v) is 1.98. The van der Waals surface area contributed by atoms with E-state index in [1.165, 1.54) is 12.1 Å². The Balaban J connectivity index is 2.29. The van der Waals surface area contributed by atoms with E-state index in [0.717, 1.165) is 16.8 Å². The zero-order chi connectivity index (χ0) is 17.2. The summed E-state index contributed by atoms with van der Waals surface area (Å²) in [6.07, 6.45) is -4.75. The Labute approximate surface area is 129 Å². The lowest BCUT2D eigenvalue weighted by Gasteiger charge is -2.11. The van der Waals surface area contributed by atoms with Gasteiger partial charge in [0.15, 0.2) is 0 Å². The quantitative estimate of drug-likeness (QED) is 0.871. The molecule has 0 bridgehead atoms. The molecular weight excluding hydrogens is 311 g/mol. The number of aryl methyl sites for hydroxylation is 1. The van der Waals surface area contributed by atoms with Crippen LogP contribution in [0.5, 0.6) is 5.75 Å². The first-order valence-corrected chi connectivity index (χ1v) is 6.54. The van der Waals surface area contributed by atoms with Crippen molar-refractivity contribution in [3.8, 4) is 11.8 Å². The van der Waals surface area contributed by atoms with Crippen LogP contribution in [0.1, 0.15) is 22.4 Å². The molecule has 8 heteroatoms. The predicted molar refractivity (Wildman–Crippen MR) is 74.9 cm³/mol. The minimum atomic E-state index is -4.75. The number of nitrogens with zero attached hydrogens (tertiary/aromatic N) is 3. The van der Waals surface area contributed by atoms with Gasteiger partial charge in [-0.3, -0.25) is 4.79 Å². The summed E-state index contributed by atoms with van der Waals surface area (Å²) in [7, 11) is 0. The van der Waals surface area contributed by atoms with Crippen molar-refractivity contribution in [2.24, 2.45) is 0 Å². The van der Waals surface area contributed by atoms with Crippen LogP contribution in [0, 0.1) is 25.2 Å². The first-order valence-electron chi connectivity index (χ1n) is 6.54. The topological polar surface area (TPSA) is 67.9 Å². The summed E-state index contributed by atoms with van der Waals surface area (Å²) in [5, 5.41) is 13.1. The summed E-state index contributed by atoms with van der Waals surface area (Å²) in [6, 6.07) is 6.95. The lowest BCUT2D eigenvalue weighted by atomic mass is 10.1. The minimum Gasteiger partial charge on any atom is -0.406 e. The normalized spacial score (nSPS) is 11.1. The fourth-order valence-electron chi connectivity index (χ4n) is 1.98.